The number of esters is 1. The molecule has 2 N–H and O–H groups in total. The van der Waals surface area contributed by atoms with Gasteiger partial charge in [-0.2, -0.15) is 0 Å². The fourth-order valence-electron chi connectivity index (χ4n) is 3.91. The molecule has 0 spiro atoms. The van der Waals surface area contributed by atoms with Crippen LogP contribution in [0, 0.1) is 5.92 Å². The van der Waals surface area contributed by atoms with Crippen LogP contribution in [0.15, 0.2) is 36.1 Å². The number of amides is 1. The van der Waals surface area contributed by atoms with Gasteiger partial charge in [-0.1, -0.05) is 12.1 Å². The second-order valence-electron chi connectivity index (χ2n) is 7.74. The van der Waals surface area contributed by atoms with Gasteiger partial charge in [0.1, 0.15) is 0 Å². The topological polar surface area (TPSA) is 94.1 Å². The van der Waals surface area contributed by atoms with E-state index in [1.165, 1.54) is 7.11 Å². The van der Waals surface area contributed by atoms with Crippen molar-refractivity contribution >= 4 is 11.9 Å². The Bertz CT molecular complexity index is 755. The molecule has 2 aliphatic rings. The van der Waals surface area contributed by atoms with Crippen molar-refractivity contribution in [3.8, 4) is 0 Å². The molecule has 0 radical (unpaired) electrons. The van der Waals surface area contributed by atoms with Crippen LogP contribution in [0.25, 0.3) is 0 Å². The van der Waals surface area contributed by atoms with E-state index in [1.807, 2.05) is 25.1 Å². The molecule has 3 rings (SSSR count). The fourth-order valence-corrected chi connectivity index (χ4v) is 3.91. The number of nitrogens with one attached hydrogen (secondary N) is 1. The number of ether oxygens (including phenoxy) is 3. The fraction of sp³-hybridized carbons (Fsp3) is 0.565. The van der Waals surface area contributed by atoms with Crippen LogP contribution in [0.2, 0.25) is 0 Å². The molecule has 7 heteroatoms. The van der Waals surface area contributed by atoms with Crippen LogP contribution >= 0.6 is 0 Å². The van der Waals surface area contributed by atoms with Crippen molar-refractivity contribution in [2.75, 3.05) is 20.3 Å². The quantitative estimate of drug-likeness (QED) is 0.600. The molecule has 0 unspecified atom stereocenters. The Kier molecular flexibility index (Phi) is 7.87. The Morgan fingerprint density at radius 3 is 2.53 bits per heavy atom. The van der Waals surface area contributed by atoms with E-state index in [9.17, 15) is 14.7 Å². The van der Waals surface area contributed by atoms with Gasteiger partial charge in [0.2, 0.25) is 6.29 Å². The van der Waals surface area contributed by atoms with Gasteiger partial charge >= 0.3 is 5.97 Å². The Balaban J connectivity index is 1.90. The first-order valence-electron chi connectivity index (χ1n) is 10.7. The normalized spacial score (nSPS) is 23.7. The van der Waals surface area contributed by atoms with E-state index >= 15 is 0 Å². The maximum absolute atomic E-state index is 12.8. The summed E-state index contributed by atoms with van der Waals surface area (Å²) in [5.41, 5.74) is 1.42. The van der Waals surface area contributed by atoms with Crippen LogP contribution in [-0.2, 0) is 19.0 Å². The second-order valence-corrected chi connectivity index (χ2v) is 7.74. The first-order chi connectivity index (χ1) is 14.6. The minimum atomic E-state index is -0.584. The van der Waals surface area contributed by atoms with Gasteiger partial charge in [-0.05, 0) is 62.8 Å². The van der Waals surface area contributed by atoms with Crippen LogP contribution in [-0.4, -0.2) is 49.6 Å². The first-order valence-corrected chi connectivity index (χ1v) is 10.7. The SMILES string of the molecule is CCO[C@H]1OC(C(=O)NC2CCC2)=C[C@@H](c2ccc(C(=O)OC)cc2)[C@@H]1CCCO. The van der Waals surface area contributed by atoms with Gasteiger partial charge in [0.05, 0.1) is 12.7 Å². The molecule has 1 aromatic carbocycles. The van der Waals surface area contributed by atoms with Crippen LogP contribution in [0.1, 0.15) is 60.9 Å². The summed E-state index contributed by atoms with van der Waals surface area (Å²) >= 11 is 0. The van der Waals surface area contributed by atoms with Crippen LogP contribution in [0.4, 0.5) is 0 Å². The van der Waals surface area contributed by atoms with E-state index in [2.05, 4.69) is 5.32 Å². The summed E-state index contributed by atoms with van der Waals surface area (Å²) < 4.78 is 16.6. The number of aliphatic hydroxyl groups excluding tert-OH is 1. The molecule has 1 fully saturated rings. The predicted molar refractivity (Wildman–Crippen MR) is 111 cm³/mol. The average Bonchev–Trinajstić information content (AvgIpc) is 2.74. The maximum atomic E-state index is 12.8. The van der Waals surface area contributed by atoms with E-state index in [0.717, 1.165) is 24.8 Å². The lowest BCUT2D eigenvalue weighted by Crippen LogP contribution is -2.43. The van der Waals surface area contributed by atoms with Gasteiger partial charge in [-0.3, -0.25) is 4.79 Å². The average molecular weight is 418 g/mol. The number of carbonyl (C=O) groups is 2. The smallest absolute Gasteiger partial charge is 0.337 e. The zero-order valence-electron chi connectivity index (χ0n) is 17.6. The number of hydrogen-bond donors (Lipinski definition) is 2. The van der Waals surface area contributed by atoms with Crippen molar-refractivity contribution in [2.24, 2.45) is 5.92 Å². The van der Waals surface area contributed by atoms with Gasteiger partial charge < -0.3 is 24.6 Å². The minimum Gasteiger partial charge on any atom is -0.465 e. The summed E-state index contributed by atoms with van der Waals surface area (Å²) in [5, 5.41) is 12.4. The van der Waals surface area contributed by atoms with Crippen molar-refractivity contribution in [1.82, 2.24) is 5.32 Å². The Morgan fingerprint density at radius 1 is 1.23 bits per heavy atom. The van der Waals surface area contributed by atoms with Crippen LogP contribution in [0.5, 0.6) is 0 Å². The third kappa shape index (κ3) is 5.21. The molecule has 1 aliphatic carbocycles. The molecule has 0 bridgehead atoms. The van der Waals surface area contributed by atoms with E-state index < -0.39 is 12.3 Å². The summed E-state index contributed by atoms with van der Waals surface area (Å²) in [6.07, 6.45) is 5.66. The number of rotatable bonds is 9. The van der Waals surface area contributed by atoms with Crippen molar-refractivity contribution in [2.45, 2.75) is 57.3 Å². The number of aliphatic hydroxyl groups is 1. The highest BCUT2D eigenvalue weighted by Gasteiger charge is 2.38. The number of hydrogen-bond acceptors (Lipinski definition) is 6. The van der Waals surface area contributed by atoms with Crippen LogP contribution < -0.4 is 5.32 Å². The number of carbonyl (C=O) groups excluding carboxylic acids is 2. The third-order valence-corrected chi connectivity index (χ3v) is 5.79. The number of benzene rings is 1. The van der Waals surface area contributed by atoms with Gasteiger partial charge in [-0.15, -0.1) is 0 Å². The number of methoxy groups -OCH3 is 1. The van der Waals surface area contributed by atoms with E-state index in [1.54, 1.807) is 12.1 Å². The standard InChI is InChI=1S/C23H31NO6/c1-3-29-23-18(8-5-13-25)19(15-9-11-16(12-10-15)22(27)28-2)14-20(30-23)21(26)24-17-6-4-7-17/h9-12,14,17-19,23,25H,3-8,13H2,1-2H3,(H,24,26)/t18-,19-,23-/m0/s1. The molecule has 164 valence electrons. The molecule has 30 heavy (non-hydrogen) atoms. The highest BCUT2D eigenvalue weighted by molar-refractivity contribution is 5.92. The predicted octanol–water partition coefficient (Wildman–Crippen LogP) is 2.89. The van der Waals surface area contributed by atoms with E-state index in [0.29, 0.717) is 25.0 Å². The first kappa shape index (κ1) is 22.3. The number of allylic oxidation sites excluding steroid dienone is 1. The van der Waals surface area contributed by atoms with Gasteiger partial charge in [0.15, 0.2) is 5.76 Å². The lowest BCUT2D eigenvalue weighted by Gasteiger charge is -2.37. The van der Waals surface area contributed by atoms with Gasteiger partial charge in [-0.25, -0.2) is 4.79 Å². The van der Waals surface area contributed by atoms with Crippen LogP contribution in [0.3, 0.4) is 0 Å². The van der Waals surface area contributed by atoms with Gasteiger partial charge in [0, 0.05) is 31.1 Å². The molecule has 1 heterocycles. The zero-order valence-corrected chi connectivity index (χ0v) is 17.6. The Hall–Kier alpha value is -2.38. The molecule has 1 saturated carbocycles. The third-order valence-electron chi connectivity index (χ3n) is 5.79. The molecule has 3 atom stereocenters. The lowest BCUT2D eigenvalue weighted by atomic mass is 9.80. The molecular formula is C23H31NO6. The molecule has 1 aromatic rings. The van der Waals surface area contributed by atoms with Crippen molar-refractivity contribution in [3.05, 3.63) is 47.2 Å². The maximum Gasteiger partial charge on any atom is 0.337 e. The highest BCUT2D eigenvalue weighted by atomic mass is 16.7. The summed E-state index contributed by atoms with van der Waals surface area (Å²) in [7, 11) is 1.35. The summed E-state index contributed by atoms with van der Waals surface area (Å²) in [6, 6.07) is 7.39. The second kappa shape index (κ2) is 10.6. The molecule has 1 aliphatic heterocycles. The molecule has 1 amide bonds. The van der Waals surface area contributed by atoms with E-state index in [4.69, 9.17) is 14.2 Å². The lowest BCUT2D eigenvalue weighted by molar-refractivity contribution is -0.167. The minimum absolute atomic E-state index is 0.0682. The molecule has 7 nitrogen and oxygen atoms in total. The molecular weight excluding hydrogens is 386 g/mol. The van der Waals surface area contributed by atoms with Crippen molar-refractivity contribution < 1.29 is 28.9 Å². The van der Waals surface area contributed by atoms with Crippen molar-refractivity contribution in [3.63, 3.8) is 0 Å². The largest absolute Gasteiger partial charge is 0.465 e. The summed E-state index contributed by atoms with van der Waals surface area (Å²) in [5.74, 6) is -0.561. The molecule has 0 saturated heterocycles. The summed E-state index contributed by atoms with van der Waals surface area (Å²) in [6.45, 7) is 2.41. The Morgan fingerprint density at radius 2 is 1.97 bits per heavy atom. The Labute approximate surface area is 177 Å². The monoisotopic (exact) mass is 417 g/mol. The molecule has 0 aromatic heterocycles. The zero-order chi connectivity index (χ0) is 21.5. The van der Waals surface area contributed by atoms with Crippen molar-refractivity contribution in [1.29, 1.82) is 0 Å². The highest BCUT2D eigenvalue weighted by Crippen LogP contribution is 2.39. The van der Waals surface area contributed by atoms with Gasteiger partial charge in [0.25, 0.3) is 5.91 Å². The van der Waals surface area contributed by atoms with E-state index in [-0.39, 0.29) is 36.2 Å². The summed E-state index contributed by atoms with van der Waals surface area (Å²) in [4.78, 5) is 24.5.